The smallest absolute Gasteiger partial charge is 0.274 e. The van der Waals surface area contributed by atoms with E-state index in [1.807, 2.05) is 18.2 Å². The van der Waals surface area contributed by atoms with E-state index in [-0.39, 0.29) is 40.1 Å². The molecule has 174 valence electrons. The monoisotopic (exact) mass is 473 g/mol. The van der Waals surface area contributed by atoms with Gasteiger partial charge in [-0.15, -0.1) is 0 Å². The first kappa shape index (κ1) is 22.9. The van der Waals surface area contributed by atoms with E-state index in [4.69, 9.17) is 16.1 Å². The van der Waals surface area contributed by atoms with Gasteiger partial charge < -0.3 is 29.9 Å². The Bertz CT molecular complexity index is 1160. The molecule has 0 radical (unpaired) electrons. The minimum Gasteiger partial charge on any atom is -0.507 e. The van der Waals surface area contributed by atoms with Gasteiger partial charge in [-0.05, 0) is 30.8 Å². The first-order chi connectivity index (χ1) is 15.9. The number of nitrogens with zero attached hydrogens (tertiary/aromatic N) is 3. The number of hydrogen-bond acceptors (Lipinski definition) is 7. The van der Waals surface area contributed by atoms with Crippen LogP contribution in [0.15, 0.2) is 40.9 Å². The van der Waals surface area contributed by atoms with Crippen molar-refractivity contribution in [2.45, 2.75) is 0 Å². The van der Waals surface area contributed by atoms with E-state index >= 15 is 0 Å². The van der Waals surface area contributed by atoms with E-state index in [2.05, 4.69) is 27.3 Å². The fourth-order valence-corrected chi connectivity index (χ4v) is 3.96. The Balaban J connectivity index is 1.82. The lowest BCUT2D eigenvalue weighted by atomic mass is 9.97. The number of nitrogens with one attached hydrogen (secondary N) is 1. The van der Waals surface area contributed by atoms with Crippen LogP contribution in [0.3, 0.4) is 0 Å². The summed E-state index contributed by atoms with van der Waals surface area (Å²) >= 11 is 6.06. The highest BCUT2D eigenvalue weighted by Gasteiger charge is 2.27. The fourth-order valence-electron chi connectivity index (χ4n) is 3.80. The molecule has 0 spiro atoms. The number of phenols is 2. The Kier molecular flexibility index (Phi) is 6.71. The average Bonchev–Trinajstić information content (AvgIpc) is 3.25. The molecule has 0 saturated carbocycles. The maximum Gasteiger partial charge on any atom is 0.274 e. The number of aromatic hydroxyl groups is 2. The summed E-state index contributed by atoms with van der Waals surface area (Å²) in [5, 5.41) is 26.6. The highest BCUT2D eigenvalue weighted by molar-refractivity contribution is 6.32. The van der Waals surface area contributed by atoms with Crippen LogP contribution in [-0.2, 0) is 0 Å². The number of hydrogen-bond donors (Lipinski definition) is 3. The molecule has 0 atom stereocenters. The number of carbonyl (C=O) groups is 1. The van der Waals surface area contributed by atoms with Crippen molar-refractivity contribution < 1.29 is 23.9 Å². The molecule has 0 aliphatic carbocycles. The molecule has 33 heavy (non-hydrogen) atoms. The summed E-state index contributed by atoms with van der Waals surface area (Å²) in [5.41, 5.74) is 2.05. The van der Waals surface area contributed by atoms with Gasteiger partial charge in [0, 0.05) is 44.5 Å². The molecule has 0 bridgehead atoms. The van der Waals surface area contributed by atoms with E-state index in [1.165, 1.54) is 6.07 Å². The number of rotatable bonds is 6. The quantitative estimate of drug-likeness (QED) is 0.503. The zero-order chi connectivity index (χ0) is 23.5. The van der Waals surface area contributed by atoms with E-state index in [1.54, 1.807) is 6.07 Å². The van der Waals surface area contributed by atoms with Crippen LogP contribution in [0.25, 0.3) is 22.5 Å². The number of halogens is 2. The molecule has 1 aliphatic rings. The predicted molar refractivity (Wildman–Crippen MR) is 124 cm³/mol. The molecule has 1 saturated heterocycles. The zero-order valence-corrected chi connectivity index (χ0v) is 18.8. The predicted octanol–water partition coefficient (Wildman–Crippen LogP) is 3.52. The fraction of sp³-hybridized carbons (Fsp3) is 0.304. The Hall–Kier alpha value is -3.30. The largest absolute Gasteiger partial charge is 0.507 e. The molecule has 3 N–H and O–H groups in total. The van der Waals surface area contributed by atoms with E-state index < -0.39 is 12.6 Å². The highest BCUT2D eigenvalue weighted by atomic mass is 35.5. The van der Waals surface area contributed by atoms with Gasteiger partial charge in [-0.2, -0.15) is 0 Å². The Labute approximate surface area is 195 Å². The van der Waals surface area contributed by atoms with Crippen molar-refractivity contribution in [1.82, 2.24) is 15.4 Å². The number of amides is 1. The Morgan fingerprint density at radius 2 is 1.94 bits per heavy atom. The van der Waals surface area contributed by atoms with Crippen LogP contribution < -0.4 is 10.2 Å². The molecule has 1 aliphatic heterocycles. The second kappa shape index (κ2) is 9.68. The van der Waals surface area contributed by atoms with Crippen molar-refractivity contribution in [3.05, 3.63) is 47.1 Å². The van der Waals surface area contributed by atoms with Crippen LogP contribution in [0, 0.1) is 0 Å². The molecule has 3 aromatic rings. The van der Waals surface area contributed by atoms with Crippen LogP contribution in [0.2, 0.25) is 5.02 Å². The molecule has 1 amide bonds. The second-order valence-corrected chi connectivity index (χ2v) is 8.25. The number of benzene rings is 2. The molecule has 1 aromatic heterocycles. The van der Waals surface area contributed by atoms with Gasteiger partial charge in [0.15, 0.2) is 11.5 Å². The summed E-state index contributed by atoms with van der Waals surface area (Å²) in [5.74, 6) is -1.08. The van der Waals surface area contributed by atoms with Gasteiger partial charge in [-0.1, -0.05) is 28.9 Å². The molecular weight excluding hydrogens is 450 g/mol. The summed E-state index contributed by atoms with van der Waals surface area (Å²) < 4.78 is 18.1. The summed E-state index contributed by atoms with van der Waals surface area (Å²) in [4.78, 5) is 17.2. The lowest BCUT2D eigenvalue weighted by molar-refractivity contribution is 0.0942. The average molecular weight is 474 g/mol. The van der Waals surface area contributed by atoms with Gasteiger partial charge in [0.25, 0.3) is 5.91 Å². The molecule has 10 heteroatoms. The normalized spacial score (nSPS) is 14.5. The lowest BCUT2D eigenvalue weighted by Gasteiger charge is -2.34. The van der Waals surface area contributed by atoms with Gasteiger partial charge in [-0.3, -0.25) is 4.79 Å². The minimum atomic E-state index is -0.723. The Morgan fingerprint density at radius 1 is 1.18 bits per heavy atom. The van der Waals surface area contributed by atoms with E-state index in [9.17, 15) is 19.4 Å². The third-order valence-electron chi connectivity index (χ3n) is 5.60. The third kappa shape index (κ3) is 4.74. The Morgan fingerprint density at radius 3 is 2.67 bits per heavy atom. The number of alkyl halides is 1. The van der Waals surface area contributed by atoms with Crippen LogP contribution in [0.4, 0.5) is 10.1 Å². The maximum absolute atomic E-state index is 12.7. The van der Waals surface area contributed by atoms with Crippen molar-refractivity contribution in [3.63, 3.8) is 0 Å². The van der Waals surface area contributed by atoms with Crippen molar-refractivity contribution >= 4 is 23.2 Å². The van der Waals surface area contributed by atoms with Crippen molar-refractivity contribution in [2.75, 3.05) is 51.3 Å². The number of carbonyl (C=O) groups excluding carboxylic acids is 1. The topological polar surface area (TPSA) is 102 Å². The maximum atomic E-state index is 12.7. The van der Waals surface area contributed by atoms with Crippen LogP contribution in [0.5, 0.6) is 11.5 Å². The van der Waals surface area contributed by atoms with E-state index in [0.29, 0.717) is 11.1 Å². The molecule has 2 aromatic carbocycles. The molecule has 2 heterocycles. The first-order valence-corrected chi connectivity index (χ1v) is 10.9. The third-order valence-corrected chi connectivity index (χ3v) is 5.90. The zero-order valence-electron chi connectivity index (χ0n) is 18.0. The van der Waals surface area contributed by atoms with Gasteiger partial charge in [0.1, 0.15) is 18.2 Å². The molecular formula is C23H24ClFN4O4. The van der Waals surface area contributed by atoms with Crippen molar-refractivity contribution in [2.24, 2.45) is 0 Å². The van der Waals surface area contributed by atoms with Gasteiger partial charge in [-0.25, -0.2) is 4.39 Å². The summed E-state index contributed by atoms with van der Waals surface area (Å²) in [7, 11) is 2.08. The summed E-state index contributed by atoms with van der Waals surface area (Å²) in [6.07, 6.45) is 0. The van der Waals surface area contributed by atoms with Gasteiger partial charge in [0.2, 0.25) is 0 Å². The van der Waals surface area contributed by atoms with Crippen LogP contribution >= 0.6 is 11.6 Å². The second-order valence-electron chi connectivity index (χ2n) is 7.84. The van der Waals surface area contributed by atoms with Crippen LogP contribution in [0.1, 0.15) is 10.5 Å². The van der Waals surface area contributed by atoms with Crippen LogP contribution in [-0.4, -0.2) is 72.6 Å². The van der Waals surface area contributed by atoms with Gasteiger partial charge >= 0.3 is 0 Å². The summed E-state index contributed by atoms with van der Waals surface area (Å²) in [6.45, 7) is 2.68. The molecule has 1 fully saturated rings. The minimum absolute atomic E-state index is 0.000215. The number of aromatic nitrogens is 1. The van der Waals surface area contributed by atoms with Gasteiger partial charge in [0.05, 0.1) is 16.1 Å². The lowest BCUT2D eigenvalue weighted by Crippen LogP contribution is -2.44. The van der Waals surface area contributed by atoms with Crippen molar-refractivity contribution in [1.29, 1.82) is 0 Å². The van der Waals surface area contributed by atoms with E-state index in [0.717, 1.165) is 37.9 Å². The molecule has 8 nitrogen and oxygen atoms in total. The molecule has 0 unspecified atom stereocenters. The number of anilines is 1. The SMILES string of the molecule is [11CH3]N1CCN(c2cccc(-c3c(C(=O)NCCF)noc3-c3cc(Cl)c(O)cc3O)c2)CC1. The number of likely N-dealkylation sites (N-methyl/N-ethyl adjacent to an activating group) is 1. The summed E-state index contributed by atoms with van der Waals surface area (Å²) in [6, 6.07) is 10.0. The first-order valence-electron chi connectivity index (χ1n) is 10.5. The number of phenolic OH excluding ortho intramolecular Hbond substituents is 2. The highest BCUT2D eigenvalue weighted by Crippen LogP contribution is 2.43. The molecule has 4 rings (SSSR count). The van der Waals surface area contributed by atoms with Crippen molar-refractivity contribution in [3.8, 4) is 33.9 Å². The standard InChI is InChI=1S/C23H24ClFN4O4/c1-28-7-9-29(10-8-28)15-4-2-3-14(11-15)20-21(23(32)26-6-5-25)27-33-22(20)16-12-17(24)19(31)13-18(16)30/h2-4,11-13,30-31H,5-10H2,1H3,(H,26,32)/i1-1. The number of piperazine rings is 1.